The summed E-state index contributed by atoms with van der Waals surface area (Å²) in [5.74, 6) is -1.07. The first-order chi connectivity index (χ1) is 15.3. The smallest absolute Gasteiger partial charge is 0.368 e. The predicted octanol–water partition coefficient (Wildman–Crippen LogP) is 6.18. The normalized spacial score (nSPS) is 12.9. The number of imidazole rings is 1. The van der Waals surface area contributed by atoms with Crippen molar-refractivity contribution in [2.45, 2.75) is 32.4 Å². The Morgan fingerprint density at radius 3 is 2.56 bits per heavy atom. The Bertz CT molecular complexity index is 1130. The second-order valence-corrected chi connectivity index (χ2v) is 7.28. The van der Waals surface area contributed by atoms with Gasteiger partial charge >= 0.3 is 6.18 Å². The quantitative estimate of drug-likeness (QED) is 0.318. The van der Waals surface area contributed by atoms with Crippen LogP contribution in [0.3, 0.4) is 0 Å². The molecule has 0 spiro atoms. The molecule has 0 saturated carbocycles. The third-order valence-electron chi connectivity index (χ3n) is 5.01. The molecule has 0 aliphatic carbocycles. The highest BCUT2D eigenvalue weighted by molar-refractivity contribution is 5.83. The van der Waals surface area contributed by atoms with Gasteiger partial charge in [0.25, 0.3) is 0 Å². The van der Waals surface area contributed by atoms with Crippen molar-refractivity contribution in [2.75, 3.05) is 11.9 Å². The molecule has 0 atom stereocenters. The first-order valence-electron chi connectivity index (χ1n) is 10.4. The highest BCUT2D eigenvalue weighted by Crippen LogP contribution is 2.30. The van der Waals surface area contributed by atoms with Gasteiger partial charge in [-0.2, -0.15) is 13.2 Å². The number of aryl methyl sites for hydroxylation is 1. The Hall–Kier alpha value is -3.42. The topological polar surface area (TPSA) is 55.6 Å². The highest BCUT2D eigenvalue weighted by Gasteiger charge is 2.36. The fraction of sp³-hybridized carbons (Fsp3) is 0.292. The number of rotatable bonds is 9. The Labute approximate surface area is 185 Å². The van der Waals surface area contributed by atoms with E-state index in [-0.39, 0.29) is 11.5 Å². The molecular formula is C24H26F3N5. The molecular weight excluding hydrogens is 415 g/mol. The van der Waals surface area contributed by atoms with Crippen molar-refractivity contribution in [3.05, 3.63) is 78.4 Å². The van der Waals surface area contributed by atoms with Crippen molar-refractivity contribution in [3.63, 3.8) is 0 Å². The summed E-state index contributed by atoms with van der Waals surface area (Å²) in [6, 6.07) is 10.1. The number of hydrogen-bond donors (Lipinski definition) is 1. The minimum absolute atomic E-state index is 0.103. The zero-order chi connectivity index (χ0) is 23.1. The Morgan fingerprint density at radius 2 is 1.91 bits per heavy atom. The molecule has 0 fully saturated rings. The molecule has 3 aromatic rings. The van der Waals surface area contributed by atoms with Crippen LogP contribution in [0, 0.1) is 0 Å². The first-order valence-corrected chi connectivity index (χ1v) is 10.4. The fourth-order valence-electron chi connectivity index (χ4n) is 3.38. The third kappa shape index (κ3) is 5.43. The molecule has 1 N–H and O–H groups in total. The van der Waals surface area contributed by atoms with Crippen LogP contribution in [0.25, 0.3) is 16.7 Å². The molecule has 32 heavy (non-hydrogen) atoms. The van der Waals surface area contributed by atoms with E-state index in [0.717, 1.165) is 36.0 Å². The van der Waals surface area contributed by atoms with E-state index in [1.807, 2.05) is 37.3 Å². The summed E-state index contributed by atoms with van der Waals surface area (Å²) in [6.07, 6.45) is 5.30. The van der Waals surface area contributed by atoms with E-state index >= 15 is 0 Å². The van der Waals surface area contributed by atoms with Gasteiger partial charge in [0.05, 0.1) is 6.33 Å². The Morgan fingerprint density at radius 1 is 1.16 bits per heavy atom. The number of nitrogens with zero attached hydrogens (tertiary/aromatic N) is 4. The minimum Gasteiger partial charge on any atom is -0.368 e. The third-order valence-corrected chi connectivity index (χ3v) is 5.01. The number of halogens is 3. The van der Waals surface area contributed by atoms with Crippen LogP contribution in [0.4, 0.5) is 19.0 Å². The van der Waals surface area contributed by atoms with Crippen LogP contribution in [0.15, 0.2) is 67.0 Å². The molecule has 2 aromatic heterocycles. The average Bonchev–Trinajstić information content (AvgIpc) is 3.16. The molecule has 8 heteroatoms. The molecule has 0 aliphatic heterocycles. The molecule has 0 radical (unpaired) electrons. The van der Waals surface area contributed by atoms with Gasteiger partial charge in [0.15, 0.2) is 11.5 Å². The summed E-state index contributed by atoms with van der Waals surface area (Å²) in [4.78, 5) is 11.4. The summed E-state index contributed by atoms with van der Waals surface area (Å²) in [7, 11) is 1.60. The van der Waals surface area contributed by atoms with Crippen LogP contribution in [-0.4, -0.2) is 26.1 Å². The van der Waals surface area contributed by atoms with E-state index in [0.29, 0.717) is 12.1 Å². The van der Waals surface area contributed by atoms with Crippen molar-refractivity contribution >= 4 is 22.6 Å². The maximum absolute atomic E-state index is 13.2. The van der Waals surface area contributed by atoms with E-state index in [1.54, 1.807) is 7.05 Å². The molecule has 168 valence electrons. The molecule has 0 unspecified atom stereocenters. The second-order valence-electron chi connectivity index (χ2n) is 7.28. The van der Waals surface area contributed by atoms with Gasteiger partial charge < -0.3 is 9.88 Å². The van der Waals surface area contributed by atoms with E-state index in [1.165, 1.54) is 10.9 Å². The Kier molecular flexibility index (Phi) is 7.45. The summed E-state index contributed by atoms with van der Waals surface area (Å²) in [5, 5.41) is 3.00. The predicted molar refractivity (Wildman–Crippen MR) is 122 cm³/mol. The van der Waals surface area contributed by atoms with Gasteiger partial charge in [-0.25, -0.2) is 15.0 Å². The molecule has 3 rings (SSSR count). The molecule has 0 amide bonds. The molecule has 5 nitrogen and oxygen atoms in total. The van der Waals surface area contributed by atoms with E-state index < -0.39 is 12.0 Å². The standard InChI is InChI=1S/C24H26F3N5/c1-4-17(5-2)19(18-12-8-6-9-13-18)14-10-7-11-15-28-21-20-22(32(3)16-29-20)31-23(30-21)24(25,26)27/h4-6,8-9,12-14,16H,1,7,10-11,15H2,2-3H3,(H,28,30,31)/b17-5+,19-14+. The van der Waals surface area contributed by atoms with E-state index in [2.05, 4.69) is 45.1 Å². The summed E-state index contributed by atoms with van der Waals surface area (Å²) in [5.41, 5.74) is 3.78. The van der Waals surface area contributed by atoms with Crippen molar-refractivity contribution in [1.29, 1.82) is 0 Å². The highest BCUT2D eigenvalue weighted by atomic mass is 19.4. The number of allylic oxidation sites excluding steroid dienone is 5. The van der Waals surface area contributed by atoms with Crippen molar-refractivity contribution < 1.29 is 13.2 Å². The van der Waals surface area contributed by atoms with Crippen molar-refractivity contribution in [2.24, 2.45) is 7.05 Å². The van der Waals surface area contributed by atoms with Crippen LogP contribution in [0.5, 0.6) is 0 Å². The molecule has 1 aromatic carbocycles. The molecule has 0 saturated heterocycles. The number of anilines is 1. The zero-order valence-corrected chi connectivity index (χ0v) is 18.2. The maximum Gasteiger partial charge on any atom is 0.451 e. The summed E-state index contributed by atoms with van der Waals surface area (Å²) >= 11 is 0. The Balaban J connectivity index is 1.65. The lowest BCUT2D eigenvalue weighted by molar-refractivity contribution is -0.144. The number of aromatic nitrogens is 4. The van der Waals surface area contributed by atoms with Crippen molar-refractivity contribution in [1.82, 2.24) is 19.5 Å². The lowest BCUT2D eigenvalue weighted by Gasteiger charge is -2.11. The van der Waals surface area contributed by atoms with E-state index in [4.69, 9.17) is 0 Å². The average molecular weight is 442 g/mol. The summed E-state index contributed by atoms with van der Waals surface area (Å²) < 4.78 is 40.9. The maximum atomic E-state index is 13.2. The number of unbranched alkanes of at least 4 members (excludes halogenated alkanes) is 2. The summed E-state index contributed by atoms with van der Waals surface area (Å²) in [6.45, 7) is 6.36. The van der Waals surface area contributed by atoms with Gasteiger partial charge in [0.2, 0.25) is 5.82 Å². The second kappa shape index (κ2) is 10.3. The SMILES string of the molecule is C=CC(=C\C)/C(=C\CCCCNc1nc(C(F)(F)F)nc2c1ncn2C)c1ccccc1. The lowest BCUT2D eigenvalue weighted by atomic mass is 9.96. The van der Waals surface area contributed by atoms with E-state index in [9.17, 15) is 13.2 Å². The minimum atomic E-state index is -4.62. The van der Waals surface area contributed by atoms with Gasteiger partial charge in [-0.05, 0) is 42.9 Å². The van der Waals surface area contributed by atoms with Gasteiger partial charge in [0, 0.05) is 13.6 Å². The number of benzene rings is 1. The largest absolute Gasteiger partial charge is 0.451 e. The van der Waals surface area contributed by atoms with Gasteiger partial charge in [0.1, 0.15) is 5.52 Å². The van der Waals surface area contributed by atoms with Crippen LogP contribution >= 0.6 is 0 Å². The lowest BCUT2D eigenvalue weighted by Crippen LogP contribution is -2.14. The first kappa shape index (κ1) is 23.2. The number of alkyl halides is 3. The molecule has 0 aliphatic rings. The van der Waals surface area contributed by atoms with Gasteiger partial charge in [-0.15, -0.1) is 0 Å². The number of fused-ring (bicyclic) bond motifs is 1. The number of hydrogen-bond acceptors (Lipinski definition) is 4. The van der Waals surface area contributed by atoms with Crippen LogP contribution in [-0.2, 0) is 13.2 Å². The zero-order valence-electron chi connectivity index (χ0n) is 18.2. The molecule has 0 bridgehead atoms. The van der Waals surface area contributed by atoms with Crippen molar-refractivity contribution in [3.8, 4) is 0 Å². The van der Waals surface area contributed by atoms with Crippen LogP contribution in [0.2, 0.25) is 0 Å². The van der Waals surface area contributed by atoms with Gasteiger partial charge in [-0.1, -0.05) is 55.1 Å². The number of nitrogens with one attached hydrogen (secondary N) is 1. The van der Waals surface area contributed by atoms with Crippen LogP contribution in [0.1, 0.15) is 37.6 Å². The van der Waals surface area contributed by atoms with Gasteiger partial charge in [-0.3, -0.25) is 0 Å². The monoisotopic (exact) mass is 441 g/mol. The molecule has 2 heterocycles. The van der Waals surface area contributed by atoms with Crippen LogP contribution < -0.4 is 5.32 Å². The fourth-order valence-corrected chi connectivity index (χ4v) is 3.38.